The molecule has 1 atom stereocenters. The van der Waals surface area contributed by atoms with Gasteiger partial charge in [-0.2, -0.15) is 4.31 Å². The van der Waals surface area contributed by atoms with Gasteiger partial charge < -0.3 is 19.8 Å². The summed E-state index contributed by atoms with van der Waals surface area (Å²) in [5.74, 6) is 0.532. The molecule has 11 heteroatoms. The first-order valence-corrected chi connectivity index (χ1v) is 12.4. The first-order valence-electron chi connectivity index (χ1n) is 10.5. The topological polar surface area (TPSA) is 106 Å². The van der Waals surface area contributed by atoms with Crippen LogP contribution in [-0.4, -0.2) is 54.0 Å². The number of sulfonamides is 1. The van der Waals surface area contributed by atoms with Gasteiger partial charge in [0.15, 0.2) is 16.3 Å². The Morgan fingerprint density at radius 3 is 2.73 bits per heavy atom. The summed E-state index contributed by atoms with van der Waals surface area (Å²) in [6.07, 6.45) is 4.56. The van der Waals surface area contributed by atoms with Gasteiger partial charge in [-0.1, -0.05) is 6.07 Å². The minimum Gasteiger partial charge on any atom is -0.486 e. The van der Waals surface area contributed by atoms with E-state index in [0.717, 1.165) is 5.69 Å². The number of amides is 1. The highest BCUT2D eigenvalue weighted by Crippen LogP contribution is 2.35. The predicted molar refractivity (Wildman–Crippen MR) is 124 cm³/mol. The number of anilines is 1. The van der Waals surface area contributed by atoms with Crippen molar-refractivity contribution in [1.29, 1.82) is 0 Å². The van der Waals surface area contributed by atoms with E-state index < -0.39 is 16.1 Å². The van der Waals surface area contributed by atoms with Crippen LogP contribution in [0, 0.1) is 4.77 Å². The van der Waals surface area contributed by atoms with Crippen LogP contribution >= 0.6 is 12.2 Å². The van der Waals surface area contributed by atoms with Gasteiger partial charge in [0, 0.05) is 36.4 Å². The molecule has 2 aliphatic heterocycles. The van der Waals surface area contributed by atoms with Gasteiger partial charge in [-0.15, -0.1) is 0 Å². The molecule has 1 amide bonds. The lowest BCUT2D eigenvalue weighted by atomic mass is 10.2. The van der Waals surface area contributed by atoms with Crippen LogP contribution in [-0.2, 0) is 14.8 Å². The minimum absolute atomic E-state index is 0.0790. The highest BCUT2D eigenvalue weighted by Gasteiger charge is 2.40. The van der Waals surface area contributed by atoms with E-state index in [9.17, 15) is 13.2 Å². The molecule has 5 rings (SSSR count). The predicted octanol–water partition coefficient (Wildman–Crippen LogP) is 3.10. The molecule has 3 aromatic rings. The van der Waals surface area contributed by atoms with Crippen molar-refractivity contribution in [2.75, 3.05) is 25.1 Å². The Bertz CT molecular complexity index is 1360. The van der Waals surface area contributed by atoms with Crippen LogP contribution in [0.4, 0.5) is 5.69 Å². The molecule has 1 aromatic heterocycles. The average Bonchev–Trinajstić information content (AvgIpc) is 3.48. The molecule has 0 aliphatic carbocycles. The van der Waals surface area contributed by atoms with Crippen LogP contribution in [0.1, 0.15) is 12.8 Å². The number of ether oxygens (including phenoxy) is 2. The zero-order valence-corrected chi connectivity index (χ0v) is 19.2. The number of H-pyrrole nitrogens is 1. The summed E-state index contributed by atoms with van der Waals surface area (Å²) in [5.41, 5.74) is 1.34. The summed E-state index contributed by atoms with van der Waals surface area (Å²) >= 11 is 5.26. The van der Waals surface area contributed by atoms with Crippen LogP contribution in [0.15, 0.2) is 59.8 Å². The SMILES string of the molecule is O=C(Nc1cccc(-n2cc[nH]c2=S)c1)C1CCCN1S(=O)(=O)c1ccc2c(c1)OCCO2. The number of nitrogens with zero attached hydrogens (tertiary/aromatic N) is 2. The number of hydrogen-bond donors (Lipinski definition) is 2. The lowest BCUT2D eigenvalue weighted by molar-refractivity contribution is -0.119. The molecule has 1 saturated heterocycles. The van der Waals surface area contributed by atoms with E-state index in [2.05, 4.69) is 10.3 Å². The van der Waals surface area contributed by atoms with Gasteiger partial charge in [0.1, 0.15) is 19.3 Å². The van der Waals surface area contributed by atoms with E-state index in [1.54, 1.807) is 41.2 Å². The maximum atomic E-state index is 13.4. The number of nitrogens with one attached hydrogen (secondary N) is 2. The highest BCUT2D eigenvalue weighted by molar-refractivity contribution is 7.89. The van der Waals surface area contributed by atoms with E-state index in [1.165, 1.54) is 16.4 Å². The van der Waals surface area contributed by atoms with Crippen LogP contribution in [0.2, 0.25) is 0 Å². The van der Waals surface area contributed by atoms with Crippen molar-refractivity contribution in [3.8, 4) is 17.2 Å². The molecular formula is C22H22N4O5S2. The van der Waals surface area contributed by atoms with Crippen LogP contribution in [0.5, 0.6) is 11.5 Å². The Balaban J connectivity index is 1.37. The third-order valence-corrected chi connectivity index (χ3v) is 7.89. The molecule has 172 valence electrons. The van der Waals surface area contributed by atoms with Gasteiger partial charge in [-0.05, 0) is 55.4 Å². The number of fused-ring (bicyclic) bond motifs is 1. The number of imidazole rings is 1. The number of carbonyl (C=O) groups is 1. The van der Waals surface area contributed by atoms with Crippen molar-refractivity contribution in [2.24, 2.45) is 0 Å². The summed E-state index contributed by atoms with van der Waals surface area (Å²) in [7, 11) is -3.89. The summed E-state index contributed by atoms with van der Waals surface area (Å²) in [4.78, 5) is 16.1. The maximum Gasteiger partial charge on any atom is 0.243 e. The number of aromatic amines is 1. The second-order valence-corrected chi connectivity index (χ2v) is 10.0. The molecule has 0 spiro atoms. The quantitative estimate of drug-likeness (QED) is 0.537. The largest absolute Gasteiger partial charge is 0.486 e. The molecule has 9 nitrogen and oxygen atoms in total. The normalized spacial score (nSPS) is 18.2. The molecule has 2 aliphatic rings. The number of rotatable bonds is 5. The van der Waals surface area contributed by atoms with Crippen molar-refractivity contribution in [3.63, 3.8) is 0 Å². The Morgan fingerprint density at radius 1 is 1.12 bits per heavy atom. The first kappa shape index (κ1) is 21.7. The number of aromatic nitrogens is 2. The molecule has 33 heavy (non-hydrogen) atoms. The lowest BCUT2D eigenvalue weighted by Gasteiger charge is -2.25. The smallest absolute Gasteiger partial charge is 0.243 e. The Hall–Kier alpha value is -3.15. The van der Waals surface area contributed by atoms with Crippen molar-refractivity contribution < 1.29 is 22.7 Å². The third-order valence-electron chi connectivity index (χ3n) is 5.67. The molecule has 0 radical (unpaired) electrons. The first-order chi connectivity index (χ1) is 15.9. The summed E-state index contributed by atoms with van der Waals surface area (Å²) < 4.78 is 41.3. The van der Waals surface area contributed by atoms with Crippen molar-refractivity contribution in [3.05, 3.63) is 59.6 Å². The maximum absolute atomic E-state index is 13.4. The molecular weight excluding hydrogens is 464 g/mol. The Kier molecular flexibility index (Phi) is 5.69. The summed E-state index contributed by atoms with van der Waals surface area (Å²) in [6.45, 7) is 1.05. The van der Waals surface area contributed by atoms with Crippen molar-refractivity contribution >= 4 is 33.8 Å². The average molecular weight is 487 g/mol. The van der Waals surface area contributed by atoms with Crippen molar-refractivity contribution in [1.82, 2.24) is 13.9 Å². The van der Waals surface area contributed by atoms with Crippen LogP contribution in [0.3, 0.4) is 0 Å². The molecule has 0 bridgehead atoms. The minimum atomic E-state index is -3.89. The van der Waals surface area contributed by atoms with Gasteiger partial charge in [0.05, 0.1) is 4.90 Å². The fourth-order valence-corrected chi connectivity index (χ4v) is 6.00. The van der Waals surface area contributed by atoms with Crippen LogP contribution in [0.25, 0.3) is 5.69 Å². The monoisotopic (exact) mass is 486 g/mol. The van der Waals surface area contributed by atoms with Crippen LogP contribution < -0.4 is 14.8 Å². The summed E-state index contributed by atoms with van der Waals surface area (Å²) in [6, 6.07) is 10.9. The molecule has 2 N–H and O–H groups in total. The molecule has 3 heterocycles. The number of benzene rings is 2. The van der Waals surface area contributed by atoms with E-state index in [4.69, 9.17) is 21.7 Å². The van der Waals surface area contributed by atoms with Gasteiger partial charge in [0.2, 0.25) is 15.9 Å². The van der Waals surface area contributed by atoms with E-state index in [-0.39, 0.29) is 17.3 Å². The van der Waals surface area contributed by atoms with E-state index >= 15 is 0 Å². The fourth-order valence-electron chi connectivity index (χ4n) is 4.09. The van der Waals surface area contributed by atoms with Gasteiger partial charge in [-0.25, -0.2) is 8.42 Å². The number of carbonyl (C=O) groups excluding carboxylic acids is 1. The third kappa shape index (κ3) is 4.14. The van der Waals surface area contributed by atoms with E-state index in [0.29, 0.717) is 48.0 Å². The fraction of sp³-hybridized carbons (Fsp3) is 0.273. The van der Waals surface area contributed by atoms with Crippen molar-refractivity contribution in [2.45, 2.75) is 23.8 Å². The zero-order valence-electron chi connectivity index (χ0n) is 17.6. The Labute approximate surface area is 196 Å². The molecule has 0 saturated carbocycles. The molecule has 2 aromatic carbocycles. The second kappa shape index (κ2) is 8.65. The molecule has 1 fully saturated rings. The highest BCUT2D eigenvalue weighted by atomic mass is 32.2. The van der Waals surface area contributed by atoms with Gasteiger partial charge in [0.25, 0.3) is 0 Å². The summed E-state index contributed by atoms with van der Waals surface area (Å²) in [5, 5.41) is 2.86. The lowest BCUT2D eigenvalue weighted by Crippen LogP contribution is -2.43. The zero-order chi connectivity index (χ0) is 23.0. The number of hydrogen-bond acceptors (Lipinski definition) is 6. The second-order valence-electron chi connectivity index (χ2n) is 7.75. The standard InChI is InChI=1S/C22H22N4O5S2/c27-21(24-15-3-1-4-16(13-15)25-10-8-23-22(25)32)18-5-2-9-26(18)33(28,29)17-6-7-19-20(14-17)31-12-11-30-19/h1,3-4,6-8,10,13-14,18H,2,5,9,11-12H2,(H,23,32)(H,24,27). The van der Waals surface area contributed by atoms with Gasteiger partial charge in [-0.3, -0.25) is 9.36 Å². The van der Waals surface area contributed by atoms with E-state index in [1.807, 2.05) is 6.07 Å². The molecule has 1 unspecified atom stereocenters. The van der Waals surface area contributed by atoms with Gasteiger partial charge >= 0.3 is 0 Å². The Morgan fingerprint density at radius 2 is 1.94 bits per heavy atom.